The minimum Gasteiger partial charge on any atom is -0.282 e. The second-order valence-electron chi connectivity index (χ2n) is 12.5. The normalized spacial score (nSPS) is 17.9. The van der Waals surface area contributed by atoms with E-state index in [1.807, 2.05) is 146 Å². The summed E-state index contributed by atoms with van der Waals surface area (Å²) in [6, 6.07) is 39.2. The number of benzene rings is 4. The Hall–Kier alpha value is -6.61. The van der Waals surface area contributed by atoms with Crippen molar-refractivity contribution in [2.45, 2.75) is 0 Å². The van der Waals surface area contributed by atoms with Crippen LogP contribution in [0.4, 0.5) is 0 Å². The summed E-state index contributed by atoms with van der Waals surface area (Å²) in [7, 11) is -4.90. The molecule has 52 heavy (non-hydrogen) atoms. The zero-order valence-corrected chi connectivity index (χ0v) is 28.4. The first-order valence-corrected chi connectivity index (χ1v) is 18.1. The predicted octanol–water partition coefficient (Wildman–Crippen LogP) is 8.90. The summed E-state index contributed by atoms with van der Waals surface area (Å²) in [5.41, 5.74) is 10.0. The topological polar surface area (TPSA) is 104 Å². The third-order valence-corrected chi connectivity index (χ3v) is 10.0. The molecule has 0 amide bonds. The first-order valence-electron chi connectivity index (χ1n) is 16.7. The molecular formula is C44H28N4O3S. The number of hydrogen-bond donors (Lipinski definition) is 1. The molecule has 8 bridgehead atoms. The van der Waals surface area contributed by atoms with Crippen molar-refractivity contribution < 1.29 is 13.0 Å². The Kier molecular flexibility index (Phi) is 7.61. The van der Waals surface area contributed by atoms with E-state index in [2.05, 4.69) is 0 Å². The van der Waals surface area contributed by atoms with Crippen LogP contribution >= 0.6 is 0 Å². The first kappa shape index (κ1) is 31.4. The van der Waals surface area contributed by atoms with E-state index < -0.39 is 15.0 Å². The highest BCUT2D eigenvalue weighted by Gasteiger charge is 2.38. The van der Waals surface area contributed by atoms with E-state index in [1.165, 1.54) is 0 Å². The van der Waals surface area contributed by atoms with Gasteiger partial charge in [0.05, 0.1) is 45.6 Å². The number of nitrogens with zero attached hydrogens (tertiary/aromatic N) is 4. The van der Waals surface area contributed by atoms with Gasteiger partial charge in [-0.1, -0.05) is 121 Å². The van der Waals surface area contributed by atoms with Crippen LogP contribution < -0.4 is 0 Å². The first-order chi connectivity index (χ1) is 25.4. The lowest BCUT2D eigenvalue weighted by molar-refractivity contribution is 0.492. The predicted molar refractivity (Wildman–Crippen MR) is 210 cm³/mol. The van der Waals surface area contributed by atoms with E-state index in [1.54, 1.807) is 18.2 Å². The van der Waals surface area contributed by atoms with Gasteiger partial charge in [0.1, 0.15) is 4.91 Å². The fourth-order valence-electron chi connectivity index (χ4n) is 6.93. The summed E-state index contributed by atoms with van der Waals surface area (Å²) < 4.78 is 38.4. The van der Waals surface area contributed by atoms with Crippen LogP contribution in [0.3, 0.4) is 0 Å². The van der Waals surface area contributed by atoms with Gasteiger partial charge in [0.2, 0.25) is 0 Å². The standard InChI is InChI=1S/C44H28N4O3S/c49-52(50,51)44-37-24-23-34(46-37)25-32-21-22-33(45-32)26-35-27-36(28-13-5-1-6-14-28)41(47-35)40(31-19-11-4-12-20-31)42-38(29-15-7-2-8-16-29)39(43(44)48-42)30-17-9-3-10-18-30/h1-27H,(H,49,50,51). The van der Waals surface area contributed by atoms with Crippen molar-refractivity contribution >= 4 is 55.3 Å². The molecule has 0 radical (unpaired) electrons. The molecule has 4 aromatic carbocycles. The van der Waals surface area contributed by atoms with E-state index in [-0.39, 0.29) is 11.4 Å². The molecular weight excluding hydrogens is 665 g/mol. The quantitative estimate of drug-likeness (QED) is 0.211. The molecule has 0 saturated heterocycles. The summed E-state index contributed by atoms with van der Waals surface area (Å²) >= 11 is 0. The van der Waals surface area contributed by atoms with Crippen LogP contribution in [0.25, 0.3) is 22.3 Å². The molecule has 5 aliphatic rings. The molecule has 0 saturated carbocycles. The van der Waals surface area contributed by atoms with Crippen LogP contribution in [0.15, 0.2) is 212 Å². The lowest BCUT2D eigenvalue weighted by atomic mass is 9.86. The molecule has 0 aliphatic carbocycles. The summed E-state index contributed by atoms with van der Waals surface area (Å²) in [4.78, 5) is 19.7. The van der Waals surface area contributed by atoms with Gasteiger partial charge in [0.25, 0.3) is 10.1 Å². The van der Waals surface area contributed by atoms with Gasteiger partial charge in [-0.2, -0.15) is 8.42 Å². The molecule has 0 aromatic heterocycles. The summed E-state index contributed by atoms with van der Waals surface area (Å²) in [5, 5.41) is 0. The van der Waals surface area contributed by atoms with Gasteiger partial charge in [-0.15, -0.1) is 0 Å². The molecule has 7 nitrogen and oxygen atoms in total. The monoisotopic (exact) mass is 692 g/mol. The molecule has 0 atom stereocenters. The van der Waals surface area contributed by atoms with Gasteiger partial charge >= 0.3 is 0 Å². The highest BCUT2D eigenvalue weighted by atomic mass is 32.2. The number of hydrogen-bond acceptors (Lipinski definition) is 6. The molecule has 5 heterocycles. The lowest BCUT2D eigenvalue weighted by Crippen LogP contribution is -2.15. The van der Waals surface area contributed by atoms with Crippen molar-refractivity contribution in [2.24, 2.45) is 20.0 Å². The molecule has 5 aliphatic heterocycles. The van der Waals surface area contributed by atoms with E-state index in [4.69, 9.17) is 20.0 Å². The van der Waals surface area contributed by atoms with Crippen LogP contribution in [0.1, 0.15) is 22.3 Å². The van der Waals surface area contributed by atoms with Gasteiger partial charge in [-0.3, -0.25) is 4.55 Å². The Bertz CT molecular complexity index is 2690. The molecule has 4 aromatic rings. The minimum absolute atomic E-state index is 0.0694. The molecule has 9 rings (SSSR count). The van der Waals surface area contributed by atoms with Gasteiger partial charge in [0, 0.05) is 22.3 Å². The molecule has 0 fully saturated rings. The van der Waals surface area contributed by atoms with E-state index in [0.29, 0.717) is 50.9 Å². The molecule has 8 heteroatoms. The van der Waals surface area contributed by atoms with Gasteiger partial charge in [0.15, 0.2) is 0 Å². The summed E-state index contributed by atoms with van der Waals surface area (Å²) in [6.07, 6.45) is 12.9. The fraction of sp³-hybridized carbons (Fsp3) is 0. The maximum Gasteiger partial charge on any atom is 0.298 e. The van der Waals surface area contributed by atoms with Crippen molar-refractivity contribution in [3.8, 4) is 0 Å². The fourth-order valence-corrected chi connectivity index (χ4v) is 7.70. The average Bonchev–Trinajstić information content (AvgIpc) is 3.97. The van der Waals surface area contributed by atoms with E-state index >= 15 is 0 Å². The molecule has 0 spiro atoms. The van der Waals surface area contributed by atoms with Crippen LogP contribution in [-0.2, 0) is 10.1 Å². The van der Waals surface area contributed by atoms with Crippen molar-refractivity contribution in [3.63, 3.8) is 0 Å². The van der Waals surface area contributed by atoms with Gasteiger partial charge < -0.3 is 0 Å². The number of fused-ring (bicyclic) bond motifs is 4. The van der Waals surface area contributed by atoms with Crippen LogP contribution in [0.5, 0.6) is 0 Å². The van der Waals surface area contributed by atoms with E-state index in [9.17, 15) is 13.0 Å². The third kappa shape index (κ3) is 5.66. The Morgan fingerprint density at radius 2 is 0.962 bits per heavy atom. The maximum atomic E-state index is 13.7. The average molecular weight is 693 g/mol. The smallest absolute Gasteiger partial charge is 0.282 e. The zero-order chi connectivity index (χ0) is 35.2. The zero-order valence-electron chi connectivity index (χ0n) is 27.5. The van der Waals surface area contributed by atoms with Gasteiger partial charge in [-0.25, -0.2) is 20.0 Å². The summed E-state index contributed by atoms with van der Waals surface area (Å²) in [5.74, 6) is 0. The van der Waals surface area contributed by atoms with Crippen molar-refractivity contribution in [2.75, 3.05) is 0 Å². The second kappa shape index (κ2) is 12.6. The van der Waals surface area contributed by atoms with Crippen LogP contribution in [-0.4, -0.2) is 35.8 Å². The summed E-state index contributed by atoms with van der Waals surface area (Å²) in [6.45, 7) is 0. The Balaban J connectivity index is 1.49. The third-order valence-electron chi connectivity index (χ3n) is 9.12. The Morgan fingerprint density at radius 3 is 1.58 bits per heavy atom. The Morgan fingerprint density at radius 1 is 0.442 bits per heavy atom. The van der Waals surface area contributed by atoms with Crippen LogP contribution in [0, 0.1) is 0 Å². The van der Waals surface area contributed by atoms with Crippen LogP contribution in [0.2, 0.25) is 0 Å². The highest BCUT2D eigenvalue weighted by Crippen LogP contribution is 2.47. The number of allylic oxidation sites excluding steroid dienone is 12. The van der Waals surface area contributed by atoms with Gasteiger partial charge in [-0.05, 0) is 64.8 Å². The Labute approximate surface area is 301 Å². The van der Waals surface area contributed by atoms with Crippen molar-refractivity contribution in [3.05, 3.63) is 214 Å². The molecule has 1 N–H and O–H groups in total. The second-order valence-corrected chi connectivity index (χ2v) is 13.8. The number of aliphatic imine (C=N–C) groups is 4. The van der Waals surface area contributed by atoms with Crippen molar-refractivity contribution in [1.82, 2.24) is 0 Å². The van der Waals surface area contributed by atoms with E-state index in [0.717, 1.165) is 27.8 Å². The highest BCUT2D eigenvalue weighted by molar-refractivity contribution is 7.91. The minimum atomic E-state index is -4.90. The molecule has 248 valence electrons. The largest absolute Gasteiger partial charge is 0.298 e. The number of rotatable bonds is 5. The maximum absolute atomic E-state index is 13.7. The van der Waals surface area contributed by atoms with Crippen molar-refractivity contribution in [1.29, 1.82) is 0 Å². The lowest BCUT2D eigenvalue weighted by Gasteiger charge is -2.17. The molecule has 0 unspecified atom stereocenters. The SMILES string of the molecule is O=S(=O)(O)C1=C2C=CC(=N2)C=C2C=CC(=N2)C=C2C=C(c3ccccc3)C(=N2)C(c2ccccc2)=C2N=C1C(c1ccccc1)=C2c1ccccc1.